The van der Waals surface area contributed by atoms with Crippen molar-refractivity contribution in [3.8, 4) is 28.7 Å². The molecule has 1 aliphatic rings. The second-order valence-electron chi connectivity index (χ2n) is 8.79. The third-order valence-electron chi connectivity index (χ3n) is 6.30. The van der Waals surface area contributed by atoms with Crippen molar-refractivity contribution in [2.24, 2.45) is 11.8 Å². The molecule has 1 fully saturated rings. The molecule has 2 aromatic rings. The van der Waals surface area contributed by atoms with E-state index in [9.17, 15) is 0 Å². The molecule has 1 nitrogen and oxygen atoms in total. The maximum absolute atomic E-state index is 5.85. The normalized spacial score (nSPS) is 18.5. The first-order chi connectivity index (χ1) is 14.8. The fourth-order valence-electron chi connectivity index (χ4n) is 4.40. The smallest absolute Gasteiger partial charge is 0.119 e. The van der Waals surface area contributed by atoms with E-state index < -0.39 is 0 Å². The second-order valence-corrected chi connectivity index (χ2v) is 8.79. The van der Waals surface area contributed by atoms with Crippen molar-refractivity contribution in [1.82, 2.24) is 0 Å². The number of hydrogen-bond donors (Lipinski definition) is 0. The van der Waals surface area contributed by atoms with Gasteiger partial charge in [-0.1, -0.05) is 82.1 Å². The average Bonchev–Trinajstić information content (AvgIpc) is 2.79. The van der Waals surface area contributed by atoms with E-state index in [-0.39, 0.29) is 0 Å². The maximum atomic E-state index is 5.85. The van der Waals surface area contributed by atoms with Crippen LogP contribution in [0, 0.1) is 23.7 Å². The third-order valence-corrected chi connectivity index (χ3v) is 6.30. The molecular formula is C29H38O. The van der Waals surface area contributed by atoms with Crippen molar-refractivity contribution >= 4 is 0 Å². The van der Waals surface area contributed by atoms with Crippen LogP contribution in [0.2, 0.25) is 0 Å². The van der Waals surface area contributed by atoms with Gasteiger partial charge in [0.1, 0.15) is 5.75 Å². The number of ether oxygens (including phenoxy) is 1. The lowest BCUT2D eigenvalue weighted by Crippen LogP contribution is -2.13. The molecule has 0 unspecified atom stereocenters. The Kier molecular flexibility index (Phi) is 9.36. The summed E-state index contributed by atoms with van der Waals surface area (Å²) in [5, 5.41) is 0. The Morgan fingerprint density at radius 2 is 1.43 bits per heavy atom. The van der Waals surface area contributed by atoms with Crippen molar-refractivity contribution in [1.29, 1.82) is 0 Å². The number of rotatable bonds is 9. The molecule has 0 bridgehead atoms. The predicted molar refractivity (Wildman–Crippen MR) is 129 cm³/mol. The molecule has 0 atom stereocenters. The van der Waals surface area contributed by atoms with Gasteiger partial charge in [-0.25, -0.2) is 0 Å². The zero-order chi connectivity index (χ0) is 21.0. The summed E-state index contributed by atoms with van der Waals surface area (Å²) in [5.74, 6) is 9.45. The molecule has 0 N–H and O–H groups in total. The van der Waals surface area contributed by atoms with Crippen LogP contribution < -0.4 is 4.74 Å². The summed E-state index contributed by atoms with van der Waals surface area (Å²) in [4.78, 5) is 0. The predicted octanol–water partition coefficient (Wildman–Crippen LogP) is 8.27. The Labute approximate surface area is 184 Å². The Balaban J connectivity index is 1.49. The van der Waals surface area contributed by atoms with Gasteiger partial charge >= 0.3 is 0 Å². The summed E-state index contributed by atoms with van der Waals surface area (Å²) in [6.45, 7) is 5.35. The lowest BCUT2D eigenvalue weighted by molar-refractivity contribution is 0.300. The molecule has 0 aromatic heterocycles. The summed E-state index contributed by atoms with van der Waals surface area (Å²) < 4.78 is 5.85. The Morgan fingerprint density at radius 1 is 0.767 bits per heavy atom. The van der Waals surface area contributed by atoms with E-state index in [2.05, 4.69) is 74.2 Å². The van der Waals surface area contributed by atoms with E-state index in [4.69, 9.17) is 4.74 Å². The molecule has 0 amide bonds. The molecule has 0 spiro atoms. The third kappa shape index (κ3) is 7.24. The average molecular weight is 403 g/mol. The van der Waals surface area contributed by atoms with Gasteiger partial charge < -0.3 is 4.74 Å². The maximum Gasteiger partial charge on any atom is 0.119 e. The molecule has 3 rings (SSSR count). The monoisotopic (exact) mass is 402 g/mol. The van der Waals surface area contributed by atoms with Crippen molar-refractivity contribution in [3.63, 3.8) is 0 Å². The molecule has 0 saturated heterocycles. The first-order valence-electron chi connectivity index (χ1n) is 12.1. The van der Waals surface area contributed by atoms with Crippen molar-refractivity contribution in [2.45, 2.75) is 78.1 Å². The molecule has 0 aliphatic heterocycles. The molecule has 30 heavy (non-hydrogen) atoms. The number of hydrogen-bond acceptors (Lipinski definition) is 1. The summed E-state index contributed by atoms with van der Waals surface area (Å²) in [5.41, 5.74) is 3.58. The fourth-order valence-corrected chi connectivity index (χ4v) is 4.40. The van der Waals surface area contributed by atoms with Crippen LogP contribution in [0.25, 0.3) is 11.1 Å². The van der Waals surface area contributed by atoms with Gasteiger partial charge in [-0.05, 0) is 73.4 Å². The fraction of sp³-hybridized carbons (Fsp3) is 0.517. The number of unbranched alkanes of at least 4 members (excludes halogenated alkanes) is 3. The largest absolute Gasteiger partial charge is 0.494 e. The number of benzene rings is 2. The lowest BCUT2D eigenvalue weighted by Gasteiger charge is -2.25. The molecule has 160 valence electrons. The quantitative estimate of drug-likeness (QED) is 0.303. The minimum Gasteiger partial charge on any atom is -0.494 e. The van der Waals surface area contributed by atoms with Crippen LogP contribution >= 0.6 is 0 Å². The summed E-state index contributed by atoms with van der Waals surface area (Å²) in [6, 6.07) is 17.1. The van der Waals surface area contributed by atoms with Crippen LogP contribution in [0.3, 0.4) is 0 Å². The molecule has 2 aromatic carbocycles. The zero-order valence-corrected chi connectivity index (χ0v) is 19.0. The topological polar surface area (TPSA) is 9.23 Å². The van der Waals surface area contributed by atoms with Crippen LogP contribution in [-0.4, -0.2) is 6.61 Å². The molecule has 0 heterocycles. The second kappa shape index (κ2) is 12.5. The first-order valence-corrected chi connectivity index (χ1v) is 12.1. The lowest BCUT2D eigenvalue weighted by atomic mass is 9.80. The van der Waals surface area contributed by atoms with Gasteiger partial charge in [0.15, 0.2) is 0 Å². The van der Waals surface area contributed by atoms with E-state index in [1.165, 1.54) is 68.9 Å². The van der Waals surface area contributed by atoms with Crippen molar-refractivity contribution in [3.05, 3.63) is 54.1 Å². The summed E-state index contributed by atoms with van der Waals surface area (Å²) in [7, 11) is 0. The van der Waals surface area contributed by atoms with Gasteiger partial charge in [-0.2, -0.15) is 0 Å². The molecule has 0 radical (unpaired) electrons. The van der Waals surface area contributed by atoms with Crippen LogP contribution in [0.4, 0.5) is 0 Å². The van der Waals surface area contributed by atoms with Crippen molar-refractivity contribution < 1.29 is 4.74 Å². The summed E-state index contributed by atoms with van der Waals surface area (Å²) in [6.07, 6.45) is 13.0. The molecule has 1 heteroatoms. The van der Waals surface area contributed by atoms with E-state index in [1.807, 2.05) is 0 Å². The Hall–Kier alpha value is -2.20. The minimum atomic E-state index is 0.590. The van der Waals surface area contributed by atoms with Gasteiger partial charge in [0.2, 0.25) is 0 Å². The molecular weight excluding hydrogens is 364 g/mol. The van der Waals surface area contributed by atoms with E-state index in [1.54, 1.807) is 0 Å². The first kappa shape index (κ1) is 22.5. The molecule has 1 aliphatic carbocycles. The van der Waals surface area contributed by atoms with E-state index >= 15 is 0 Å². The van der Waals surface area contributed by atoms with Gasteiger partial charge in [-0.3, -0.25) is 0 Å². The Morgan fingerprint density at radius 3 is 2.07 bits per heavy atom. The summed E-state index contributed by atoms with van der Waals surface area (Å²) >= 11 is 0. The minimum absolute atomic E-state index is 0.590. The highest BCUT2D eigenvalue weighted by molar-refractivity contribution is 5.65. The highest BCUT2D eigenvalue weighted by atomic mass is 16.5. The van der Waals surface area contributed by atoms with Gasteiger partial charge in [0.25, 0.3) is 0 Å². The standard InChI is InChI=1S/C29H38O/c1-3-5-6-7-23-30-29-21-19-28(20-22-29)27-17-15-26(16-18-27)14-13-25-11-9-24(8-4-2)10-12-25/h15-22,24-25H,3-12,23H2,1-2H3. The molecule has 1 saturated carbocycles. The van der Waals surface area contributed by atoms with Crippen LogP contribution in [0.5, 0.6) is 5.75 Å². The highest BCUT2D eigenvalue weighted by Gasteiger charge is 2.18. The van der Waals surface area contributed by atoms with Gasteiger partial charge in [-0.15, -0.1) is 0 Å². The Bertz CT molecular complexity index is 783. The van der Waals surface area contributed by atoms with Gasteiger partial charge in [0, 0.05) is 11.5 Å². The van der Waals surface area contributed by atoms with E-state index in [0.29, 0.717) is 5.92 Å². The van der Waals surface area contributed by atoms with E-state index in [0.717, 1.165) is 30.3 Å². The van der Waals surface area contributed by atoms with Crippen LogP contribution in [-0.2, 0) is 0 Å². The van der Waals surface area contributed by atoms with Crippen LogP contribution in [0.15, 0.2) is 48.5 Å². The SMILES string of the molecule is CCCCCCOc1ccc(-c2ccc(C#CC3CCC(CCC)CC3)cc2)cc1. The van der Waals surface area contributed by atoms with Gasteiger partial charge in [0.05, 0.1) is 6.61 Å². The van der Waals surface area contributed by atoms with Crippen molar-refractivity contribution in [2.75, 3.05) is 6.61 Å². The highest BCUT2D eigenvalue weighted by Crippen LogP contribution is 2.31. The van der Waals surface area contributed by atoms with Crippen LogP contribution in [0.1, 0.15) is 83.6 Å². The zero-order valence-electron chi connectivity index (χ0n) is 19.0.